The van der Waals surface area contributed by atoms with Crippen molar-refractivity contribution in [1.29, 1.82) is 0 Å². The summed E-state index contributed by atoms with van der Waals surface area (Å²) in [4.78, 5) is 26.8. The van der Waals surface area contributed by atoms with Crippen molar-refractivity contribution in [3.8, 4) is 0 Å². The molecule has 7 heteroatoms. The van der Waals surface area contributed by atoms with E-state index >= 15 is 0 Å². The fourth-order valence-corrected chi connectivity index (χ4v) is 1.88. The Labute approximate surface area is 123 Å². The molecule has 110 valence electrons. The monoisotopic (exact) mass is 286 g/mol. The molecule has 0 aliphatic carbocycles. The van der Waals surface area contributed by atoms with Gasteiger partial charge in [0.25, 0.3) is 0 Å². The zero-order valence-corrected chi connectivity index (χ0v) is 12.1. The summed E-state index contributed by atoms with van der Waals surface area (Å²) < 4.78 is 0. The third kappa shape index (κ3) is 4.79. The molecule has 0 aliphatic heterocycles. The zero-order valence-electron chi connectivity index (χ0n) is 12.1. The first kappa shape index (κ1) is 14.8. The van der Waals surface area contributed by atoms with Crippen molar-refractivity contribution in [3.63, 3.8) is 0 Å². The van der Waals surface area contributed by atoms with Crippen LogP contribution in [0.3, 0.4) is 0 Å². The minimum absolute atomic E-state index is 0.179. The molecular weight excluding hydrogens is 268 g/mol. The Balaban J connectivity index is 1.88. The quantitative estimate of drug-likeness (QED) is 0.751. The number of nitrogens with zero attached hydrogens (tertiary/aromatic N) is 4. The number of hydrogen-bond donors (Lipinski definition) is 2. The molecule has 2 aromatic rings. The fourth-order valence-electron chi connectivity index (χ4n) is 1.88. The van der Waals surface area contributed by atoms with Crippen LogP contribution >= 0.6 is 0 Å². The number of rotatable bonds is 7. The number of aromatic nitrogens is 4. The van der Waals surface area contributed by atoms with Crippen molar-refractivity contribution in [2.75, 3.05) is 10.6 Å². The van der Waals surface area contributed by atoms with Gasteiger partial charge in [-0.2, -0.15) is 4.98 Å². The first-order valence-electron chi connectivity index (χ1n) is 6.75. The molecule has 2 N–H and O–H groups in total. The van der Waals surface area contributed by atoms with Crippen LogP contribution in [-0.2, 0) is 11.2 Å². The van der Waals surface area contributed by atoms with E-state index in [1.165, 1.54) is 6.33 Å². The highest BCUT2D eigenvalue weighted by Gasteiger charge is 2.06. The van der Waals surface area contributed by atoms with E-state index in [2.05, 4.69) is 30.6 Å². The largest absolute Gasteiger partial charge is 0.352 e. The number of carbonyl (C=O) groups excluding carboxylic acids is 1. The predicted octanol–water partition coefficient (Wildman–Crippen LogP) is 1.58. The van der Waals surface area contributed by atoms with Crippen LogP contribution < -0.4 is 10.6 Å². The molecule has 1 atom stereocenters. The van der Waals surface area contributed by atoms with Crippen LogP contribution in [0, 0.1) is 6.92 Å². The smallest absolute Gasteiger partial charge is 0.233 e. The average Bonchev–Trinajstić information content (AvgIpc) is 2.46. The number of pyridine rings is 1. The third-order valence-corrected chi connectivity index (χ3v) is 2.91. The number of hydrogen-bond acceptors (Lipinski definition) is 6. The highest BCUT2D eigenvalue weighted by Crippen LogP contribution is 2.08. The summed E-state index contributed by atoms with van der Waals surface area (Å²) in [6.45, 7) is 4.03. The predicted molar refractivity (Wildman–Crippen MR) is 79.9 cm³/mol. The van der Waals surface area contributed by atoms with Crippen LogP contribution in [0.15, 0.2) is 24.5 Å². The van der Waals surface area contributed by atoms with Gasteiger partial charge in [0.15, 0.2) is 0 Å². The second-order valence-corrected chi connectivity index (χ2v) is 4.75. The molecule has 2 rings (SSSR count). The van der Waals surface area contributed by atoms with Crippen LogP contribution in [0.5, 0.6) is 0 Å². The van der Waals surface area contributed by atoms with E-state index in [0.717, 1.165) is 24.2 Å². The molecular formula is C14H18N6O. The van der Waals surface area contributed by atoms with Gasteiger partial charge in [-0.3, -0.25) is 15.1 Å². The maximum atomic E-state index is 10.4. The standard InChI is InChI=1S/C14H18N6O/c1-10-4-3-5-12(18-10)7-6-11(2)19-14-16-8-15-13(20-14)17-9-21/h3-5,8-9,11H,6-7H2,1-2H3,(H2,15,16,17,19,20,21). The van der Waals surface area contributed by atoms with Crippen molar-refractivity contribution >= 4 is 18.3 Å². The van der Waals surface area contributed by atoms with Crippen molar-refractivity contribution in [3.05, 3.63) is 35.9 Å². The summed E-state index contributed by atoms with van der Waals surface area (Å²) in [6.07, 6.45) is 3.67. The van der Waals surface area contributed by atoms with E-state index in [-0.39, 0.29) is 12.0 Å². The summed E-state index contributed by atoms with van der Waals surface area (Å²) in [6, 6.07) is 6.20. The van der Waals surface area contributed by atoms with Gasteiger partial charge in [0.2, 0.25) is 18.3 Å². The van der Waals surface area contributed by atoms with E-state index in [4.69, 9.17) is 0 Å². The average molecular weight is 286 g/mol. The Bertz CT molecular complexity index is 604. The maximum absolute atomic E-state index is 10.4. The number of aryl methyl sites for hydroxylation is 2. The lowest BCUT2D eigenvalue weighted by atomic mass is 10.1. The van der Waals surface area contributed by atoms with Gasteiger partial charge < -0.3 is 5.32 Å². The van der Waals surface area contributed by atoms with Gasteiger partial charge in [0.1, 0.15) is 6.33 Å². The maximum Gasteiger partial charge on any atom is 0.233 e. The molecule has 0 saturated carbocycles. The molecule has 21 heavy (non-hydrogen) atoms. The molecule has 0 aliphatic rings. The van der Waals surface area contributed by atoms with Gasteiger partial charge in [-0.05, 0) is 38.8 Å². The summed E-state index contributed by atoms with van der Waals surface area (Å²) in [5.74, 6) is 0.675. The van der Waals surface area contributed by atoms with E-state index in [1.54, 1.807) is 0 Å². The topological polar surface area (TPSA) is 92.7 Å². The van der Waals surface area contributed by atoms with Gasteiger partial charge in [0.05, 0.1) is 0 Å². The number of carbonyl (C=O) groups is 1. The van der Waals surface area contributed by atoms with Crippen molar-refractivity contribution in [1.82, 2.24) is 19.9 Å². The van der Waals surface area contributed by atoms with Crippen molar-refractivity contribution in [2.24, 2.45) is 0 Å². The Morgan fingerprint density at radius 2 is 2.05 bits per heavy atom. The minimum atomic E-state index is 0.179. The number of nitrogens with one attached hydrogen (secondary N) is 2. The van der Waals surface area contributed by atoms with Crippen molar-refractivity contribution in [2.45, 2.75) is 32.7 Å². The summed E-state index contributed by atoms with van der Waals surface area (Å²) >= 11 is 0. The number of anilines is 2. The fraction of sp³-hybridized carbons (Fsp3) is 0.357. The number of amides is 1. The highest BCUT2D eigenvalue weighted by molar-refractivity contribution is 5.66. The van der Waals surface area contributed by atoms with Crippen molar-refractivity contribution < 1.29 is 4.79 Å². The van der Waals surface area contributed by atoms with Gasteiger partial charge >= 0.3 is 0 Å². The van der Waals surface area contributed by atoms with E-state index < -0.39 is 0 Å². The van der Waals surface area contributed by atoms with Crippen LogP contribution in [0.1, 0.15) is 24.7 Å². The molecule has 0 aromatic carbocycles. The Morgan fingerprint density at radius 3 is 2.81 bits per heavy atom. The lowest BCUT2D eigenvalue weighted by molar-refractivity contribution is -0.105. The van der Waals surface area contributed by atoms with E-state index in [1.807, 2.05) is 32.0 Å². The normalized spacial score (nSPS) is 11.7. The molecule has 1 amide bonds. The Hall–Kier alpha value is -2.57. The van der Waals surface area contributed by atoms with Crippen LogP contribution in [0.2, 0.25) is 0 Å². The molecule has 0 spiro atoms. The third-order valence-electron chi connectivity index (χ3n) is 2.91. The van der Waals surface area contributed by atoms with Gasteiger partial charge in [0, 0.05) is 17.4 Å². The molecule has 0 saturated heterocycles. The van der Waals surface area contributed by atoms with Gasteiger partial charge in [-0.1, -0.05) is 6.07 Å². The summed E-state index contributed by atoms with van der Waals surface area (Å²) in [7, 11) is 0. The van der Waals surface area contributed by atoms with E-state index in [9.17, 15) is 4.79 Å². The molecule has 0 radical (unpaired) electrons. The molecule has 7 nitrogen and oxygen atoms in total. The molecule has 0 bridgehead atoms. The van der Waals surface area contributed by atoms with Gasteiger partial charge in [-0.15, -0.1) is 0 Å². The first-order valence-corrected chi connectivity index (χ1v) is 6.75. The van der Waals surface area contributed by atoms with Crippen LogP contribution in [0.4, 0.5) is 11.9 Å². The molecule has 2 aromatic heterocycles. The van der Waals surface area contributed by atoms with Gasteiger partial charge in [-0.25, -0.2) is 9.97 Å². The first-order chi connectivity index (χ1) is 10.2. The Kier molecular flexibility index (Phi) is 5.14. The van der Waals surface area contributed by atoms with Crippen LogP contribution in [0.25, 0.3) is 0 Å². The highest BCUT2D eigenvalue weighted by atomic mass is 16.1. The lowest BCUT2D eigenvalue weighted by Crippen LogP contribution is -2.18. The van der Waals surface area contributed by atoms with E-state index in [0.29, 0.717) is 12.4 Å². The second-order valence-electron chi connectivity index (χ2n) is 4.75. The SMILES string of the molecule is Cc1cccc(CCC(C)Nc2ncnc(NC=O)n2)n1. The molecule has 1 unspecified atom stereocenters. The second kappa shape index (κ2) is 7.28. The minimum Gasteiger partial charge on any atom is -0.352 e. The summed E-state index contributed by atoms with van der Waals surface area (Å²) in [5, 5.41) is 5.57. The summed E-state index contributed by atoms with van der Waals surface area (Å²) in [5.41, 5.74) is 2.10. The van der Waals surface area contributed by atoms with Crippen LogP contribution in [-0.4, -0.2) is 32.4 Å². The molecule has 0 fully saturated rings. The zero-order chi connectivity index (χ0) is 15.1. The Morgan fingerprint density at radius 1 is 1.24 bits per heavy atom. The lowest BCUT2D eigenvalue weighted by Gasteiger charge is -2.13. The molecule has 2 heterocycles.